The van der Waals surface area contributed by atoms with Crippen LogP contribution in [0.5, 0.6) is 0 Å². The number of benzene rings is 2. The molecule has 3 rings (SSSR count). The van der Waals surface area contributed by atoms with E-state index < -0.39 is 16.6 Å². The Hall–Kier alpha value is -3.79. The number of nitrogens with zero attached hydrogens (tertiary/aromatic N) is 4. The number of aromatic nitrogens is 2. The van der Waals surface area contributed by atoms with E-state index >= 15 is 0 Å². The quantitative estimate of drug-likeness (QED) is 0.400. The molecule has 0 fully saturated rings. The second kappa shape index (κ2) is 6.99. The molecule has 1 heterocycles. The smallest absolute Gasteiger partial charge is 0.269 e. The Morgan fingerprint density at radius 1 is 1.27 bits per heavy atom. The third-order valence-corrected chi connectivity index (χ3v) is 4.04. The molecular weight excluding hydrogens is 332 g/mol. The maximum atomic E-state index is 12.5. The maximum absolute atomic E-state index is 12.5. The second-order valence-electron chi connectivity index (χ2n) is 5.66. The lowest BCUT2D eigenvalue weighted by Crippen LogP contribution is -2.13. The van der Waals surface area contributed by atoms with E-state index in [1.165, 1.54) is 24.3 Å². The van der Waals surface area contributed by atoms with E-state index in [-0.39, 0.29) is 5.69 Å². The van der Waals surface area contributed by atoms with Crippen LogP contribution in [0.2, 0.25) is 0 Å². The van der Waals surface area contributed by atoms with Crippen LogP contribution in [0.4, 0.5) is 5.69 Å². The molecule has 0 amide bonds. The van der Waals surface area contributed by atoms with Gasteiger partial charge >= 0.3 is 0 Å². The number of aryl methyl sites for hydroxylation is 1. The molecule has 7 nitrogen and oxygen atoms in total. The summed E-state index contributed by atoms with van der Waals surface area (Å²) in [4.78, 5) is 27.0. The molecule has 0 bridgehead atoms. The van der Waals surface area contributed by atoms with Crippen molar-refractivity contribution in [3.8, 4) is 6.07 Å². The van der Waals surface area contributed by atoms with Crippen molar-refractivity contribution in [1.29, 1.82) is 5.26 Å². The van der Waals surface area contributed by atoms with E-state index in [2.05, 4.69) is 4.98 Å². The number of nitriles is 1. The summed E-state index contributed by atoms with van der Waals surface area (Å²) in [5.74, 6) is -1.04. The highest BCUT2D eigenvalue weighted by molar-refractivity contribution is 6.00. The van der Waals surface area contributed by atoms with Gasteiger partial charge in [-0.1, -0.05) is 18.2 Å². The fourth-order valence-corrected chi connectivity index (χ4v) is 2.65. The molecule has 0 saturated heterocycles. The summed E-state index contributed by atoms with van der Waals surface area (Å²) in [6.07, 6.45) is 2.83. The molecule has 128 valence electrons. The molecule has 0 saturated carbocycles. The molecular formula is C19H14N4O3. The SMILES string of the molecule is Cn1c(C(C#N)C(=O)C=Cc2ccc([N+](=O)[O-])cc2)nc2ccccc21. The minimum Gasteiger partial charge on any atom is -0.330 e. The van der Waals surface area contributed by atoms with Gasteiger partial charge in [0.1, 0.15) is 5.82 Å². The van der Waals surface area contributed by atoms with Crippen LogP contribution in [0.25, 0.3) is 17.1 Å². The third-order valence-electron chi connectivity index (χ3n) is 4.04. The molecule has 0 aliphatic rings. The van der Waals surface area contributed by atoms with Crippen molar-refractivity contribution in [3.05, 3.63) is 76.1 Å². The number of rotatable bonds is 5. The topological polar surface area (TPSA) is 102 Å². The van der Waals surface area contributed by atoms with Gasteiger partial charge < -0.3 is 4.57 Å². The summed E-state index contributed by atoms with van der Waals surface area (Å²) in [6.45, 7) is 0. The van der Waals surface area contributed by atoms with Crippen LogP contribution < -0.4 is 0 Å². The van der Waals surface area contributed by atoms with E-state index in [1.54, 1.807) is 23.7 Å². The number of imidazole rings is 1. The number of carbonyl (C=O) groups excluding carboxylic acids is 1. The van der Waals surface area contributed by atoms with Crippen LogP contribution in [0.3, 0.4) is 0 Å². The zero-order valence-corrected chi connectivity index (χ0v) is 13.9. The summed E-state index contributed by atoms with van der Waals surface area (Å²) in [5, 5.41) is 20.1. The van der Waals surface area contributed by atoms with Crippen molar-refractivity contribution in [1.82, 2.24) is 9.55 Å². The predicted octanol–water partition coefficient (Wildman–Crippen LogP) is 3.37. The first-order chi connectivity index (χ1) is 12.5. The highest BCUT2D eigenvalue weighted by Crippen LogP contribution is 2.22. The average molecular weight is 346 g/mol. The number of para-hydroxylation sites is 2. The van der Waals surface area contributed by atoms with E-state index in [0.717, 1.165) is 11.0 Å². The highest BCUT2D eigenvalue weighted by Gasteiger charge is 2.23. The van der Waals surface area contributed by atoms with Gasteiger partial charge in [0, 0.05) is 19.2 Å². The number of non-ortho nitro benzene ring substituents is 1. The Bertz CT molecular complexity index is 1060. The van der Waals surface area contributed by atoms with Crippen molar-refractivity contribution in [2.75, 3.05) is 0 Å². The van der Waals surface area contributed by atoms with Gasteiger partial charge in [-0.15, -0.1) is 0 Å². The minimum atomic E-state index is -1.03. The van der Waals surface area contributed by atoms with Crippen LogP contribution >= 0.6 is 0 Å². The Morgan fingerprint density at radius 3 is 2.58 bits per heavy atom. The number of fused-ring (bicyclic) bond motifs is 1. The van der Waals surface area contributed by atoms with Crippen LogP contribution in [0, 0.1) is 21.4 Å². The lowest BCUT2D eigenvalue weighted by molar-refractivity contribution is -0.384. The Morgan fingerprint density at radius 2 is 1.96 bits per heavy atom. The predicted molar refractivity (Wildman–Crippen MR) is 96.2 cm³/mol. The Labute approximate surface area is 149 Å². The van der Waals surface area contributed by atoms with E-state index in [4.69, 9.17) is 0 Å². The van der Waals surface area contributed by atoms with Gasteiger partial charge in [0.15, 0.2) is 11.7 Å². The molecule has 1 unspecified atom stereocenters. The molecule has 0 spiro atoms. The average Bonchev–Trinajstić information content (AvgIpc) is 2.98. The normalized spacial score (nSPS) is 12.2. The first kappa shape index (κ1) is 17.0. The Balaban J connectivity index is 1.85. The molecule has 26 heavy (non-hydrogen) atoms. The van der Waals surface area contributed by atoms with E-state index in [1.807, 2.05) is 30.3 Å². The number of nitro benzene ring substituents is 1. The molecule has 0 radical (unpaired) electrons. The first-order valence-electron chi connectivity index (χ1n) is 7.78. The summed E-state index contributed by atoms with van der Waals surface area (Å²) < 4.78 is 1.74. The molecule has 1 atom stereocenters. The number of hydrogen-bond donors (Lipinski definition) is 0. The third kappa shape index (κ3) is 3.21. The van der Waals surface area contributed by atoms with Crippen LogP contribution in [-0.2, 0) is 11.8 Å². The molecule has 0 aliphatic carbocycles. The number of nitro groups is 1. The monoisotopic (exact) mass is 346 g/mol. The van der Waals surface area contributed by atoms with Gasteiger partial charge in [-0.2, -0.15) is 5.26 Å². The number of allylic oxidation sites excluding steroid dienone is 1. The zero-order chi connectivity index (χ0) is 18.7. The maximum Gasteiger partial charge on any atom is 0.269 e. The molecule has 0 aliphatic heterocycles. The molecule has 0 N–H and O–H groups in total. The van der Waals surface area contributed by atoms with Gasteiger partial charge in [0.05, 0.1) is 22.0 Å². The van der Waals surface area contributed by atoms with Crippen molar-refractivity contribution < 1.29 is 9.72 Å². The van der Waals surface area contributed by atoms with Crippen LogP contribution in [0.15, 0.2) is 54.6 Å². The van der Waals surface area contributed by atoms with Crippen molar-refractivity contribution >= 4 is 28.6 Å². The molecule has 1 aromatic heterocycles. The van der Waals surface area contributed by atoms with Crippen molar-refractivity contribution in [2.45, 2.75) is 5.92 Å². The zero-order valence-electron chi connectivity index (χ0n) is 13.9. The van der Waals surface area contributed by atoms with Crippen molar-refractivity contribution in [2.24, 2.45) is 7.05 Å². The molecule has 3 aromatic rings. The summed E-state index contributed by atoms with van der Waals surface area (Å²) >= 11 is 0. The standard InChI is InChI=1S/C19H14N4O3/c1-22-17-5-3-2-4-16(17)21-19(22)15(12-20)18(24)11-8-13-6-9-14(10-7-13)23(25)26/h2-11,15H,1H3. The van der Waals surface area contributed by atoms with Crippen LogP contribution in [0.1, 0.15) is 17.3 Å². The van der Waals surface area contributed by atoms with Gasteiger partial charge in [-0.3, -0.25) is 14.9 Å². The largest absolute Gasteiger partial charge is 0.330 e. The second-order valence-corrected chi connectivity index (χ2v) is 5.66. The molecule has 7 heteroatoms. The molecule has 2 aromatic carbocycles. The van der Waals surface area contributed by atoms with E-state index in [9.17, 15) is 20.2 Å². The minimum absolute atomic E-state index is 0.0249. The number of hydrogen-bond acceptors (Lipinski definition) is 5. The number of carbonyl (C=O) groups is 1. The fraction of sp³-hybridized carbons (Fsp3) is 0.105. The summed E-state index contributed by atoms with van der Waals surface area (Å²) in [5.41, 5.74) is 2.17. The lowest BCUT2D eigenvalue weighted by atomic mass is 10.0. The highest BCUT2D eigenvalue weighted by atomic mass is 16.6. The lowest BCUT2D eigenvalue weighted by Gasteiger charge is -2.06. The van der Waals surface area contributed by atoms with Gasteiger partial charge in [-0.25, -0.2) is 4.98 Å². The first-order valence-corrected chi connectivity index (χ1v) is 7.78. The number of ketones is 1. The van der Waals surface area contributed by atoms with Gasteiger partial charge in [-0.05, 0) is 35.9 Å². The van der Waals surface area contributed by atoms with Gasteiger partial charge in [0.25, 0.3) is 5.69 Å². The summed E-state index contributed by atoms with van der Waals surface area (Å²) in [6, 6.07) is 15.2. The van der Waals surface area contributed by atoms with E-state index in [0.29, 0.717) is 11.4 Å². The Kier molecular flexibility index (Phi) is 4.58. The van der Waals surface area contributed by atoms with Crippen LogP contribution in [-0.4, -0.2) is 20.3 Å². The summed E-state index contributed by atoms with van der Waals surface area (Å²) in [7, 11) is 1.77. The van der Waals surface area contributed by atoms with Gasteiger partial charge in [0.2, 0.25) is 0 Å². The van der Waals surface area contributed by atoms with Crippen molar-refractivity contribution in [3.63, 3.8) is 0 Å². The fourth-order valence-electron chi connectivity index (χ4n) is 2.65.